The average Bonchev–Trinajstić information content (AvgIpc) is 3.77. The third-order valence-corrected chi connectivity index (χ3v) is 12.0. The maximum atomic E-state index is 2.51. The van der Waals surface area contributed by atoms with Crippen LogP contribution in [0, 0.1) is 5.92 Å². The minimum atomic E-state index is -0.125. The van der Waals surface area contributed by atoms with Crippen LogP contribution in [0.5, 0.6) is 0 Å². The van der Waals surface area contributed by atoms with Crippen LogP contribution in [0.4, 0.5) is 0 Å². The summed E-state index contributed by atoms with van der Waals surface area (Å²) < 4.78 is 4.98. The van der Waals surface area contributed by atoms with Gasteiger partial charge in [0.15, 0.2) is 0 Å². The highest BCUT2D eigenvalue weighted by molar-refractivity contribution is 6.15. The molecule has 9 aromatic rings. The summed E-state index contributed by atoms with van der Waals surface area (Å²) in [7, 11) is 0. The van der Waals surface area contributed by atoms with Crippen molar-refractivity contribution in [3.63, 3.8) is 0 Å². The van der Waals surface area contributed by atoms with Crippen molar-refractivity contribution >= 4 is 49.7 Å². The Bertz CT molecular complexity index is 2970. The van der Waals surface area contributed by atoms with Gasteiger partial charge in [-0.25, -0.2) is 0 Å². The number of hydrogen-bond acceptors (Lipinski definition) is 0. The summed E-state index contributed by atoms with van der Waals surface area (Å²) >= 11 is 0. The first kappa shape index (κ1) is 29.6. The Hall–Kier alpha value is -6.12. The lowest BCUT2D eigenvalue weighted by Gasteiger charge is -2.23. The van der Waals surface area contributed by atoms with Crippen LogP contribution in [0.25, 0.3) is 83.3 Å². The Labute approximate surface area is 303 Å². The van der Waals surface area contributed by atoms with E-state index in [-0.39, 0.29) is 5.41 Å². The Morgan fingerprint density at radius 3 is 2.08 bits per heavy atom. The lowest BCUT2D eigenvalue weighted by atomic mass is 9.81. The van der Waals surface area contributed by atoms with Crippen molar-refractivity contribution in [1.82, 2.24) is 9.13 Å². The second-order valence-electron chi connectivity index (χ2n) is 15.4. The van der Waals surface area contributed by atoms with Gasteiger partial charge in [0.1, 0.15) is 0 Å². The van der Waals surface area contributed by atoms with Gasteiger partial charge in [-0.3, -0.25) is 0 Å². The van der Waals surface area contributed by atoms with Crippen LogP contribution in [-0.2, 0) is 11.8 Å². The number of hydrogen-bond donors (Lipinski definition) is 0. The molecule has 0 aliphatic heterocycles. The minimum absolute atomic E-state index is 0.125. The molecule has 0 saturated carbocycles. The molecular formula is C50H38N2. The lowest BCUT2D eigenvalue weighted by Crippen LogP contribution is -2.16. The van der Waals surface area contributed by atoms with Crippen molar-refractivity contribution in [2.75, 3.05) is 0 Å². The number of aromatic nitrogens is 2. The molecule has 11 rings (SSSR count). The second kappa shape index (κ2) is 10.7. The average molecular weight is 667 g/mol. The molecule has 7 aromatic carbocycles. The van der Waals surface area contributed by atoms with Crippen LogP contribution in [0.15, 0.2) is 152 Å². The molecule has 1 unspecified atom stereocenters. The molecule has 2 heterocycles. The third kappa shape index (κ3) is 4.01. The van der Waals surface area contributed by atoms with Crippen LogP contribution in [0.3, 0.4) is 0 Å². The van der Waals surface area contributed by atoms with Crippen molar-refractivity contribution in [3.8, 4) is 33.6 Å². The Morgan fingerprint density at radius 2 is 1.25 bits per heavy atom. The van der Waals surface area contributed by atoms with Crippen molar-refractivity contribution in [3.05, 3.63) is 174 Å². The Kier molecular flexibility index (Phi) is 6.09. The van der Waals surface area contributed by atoms with Crippen LogP contribution < -0.4 is 0 Å². The first-order valence-electron chi connectivity index (χ1n) is 18.6. The minimum Gasteiger partial charge on any atom is -0.309 e. The van der Waals surface area contributed by atoms with E-state index in [0.717, 1.165) is 6.42 Å². The smallest absolute Gasteiger partial charge is 0.0588 e. The van der Waals surface area contributed by atoms with E-state index in [0.29, 0.717) is 5.92 Å². The monoisotopic (exact) mass is 666 g/mol. The van der Waals surface area contributed by atoms with E-state index in [1.165, 1.54) is 99.5 Å². The van der Waals surface area contributed by atoms with Gasteiger partial charge >= 0.3 is 0 Å². The normalized spacial score (nSPS) is 15.8. The van der Waals surface area contributed by atoms with Gasteiger partial charge in [0.25, 0.3) is 0 Å². The molecule has 0 radical (unpaired) electrons. The van der Waals surface area contributed by atoms with Crippen LogP contribution in [-0.4, -0.2) is 9.13 Å². The van der Waals surface area contributed by atoms with Crippen molar-refractivity contribution in [2.24, 2.45) is 5.92 Å². The zero-order valence-electron chi connectivity index (χ0n) is 29.7. The number of rotatable bonds is 3. The molecule has 2 heteroatoms. The maximum Gasteiger partial charge on any atom is 0.0588 e. The topological polar surface area (TPSA) is 9.86 Å². The lowest BCUT2D eigenvalue weighted by molar-refractivity contribution is 0.664. The molecule has 0 amide bonds. The fourth-order valence-corrected chi connectivity index (χ4v) is 9.64. The molecule has 0 spiro atoms. The van der Waals surface area contributed by atoms with Crippen LogP contribution in [0.1, 0.15) is 43.0 Å². The van der Waals surface area contributed by atoms with Crippen LogP contribution in [0.2, 0.25) is 0 Å². The molecule has 2 aliphatic carbocycles. The maximum absolute atomic E-state index is 2.51. The van der Waals surface area contributed by atoms with Gasteiger partial charge in [0, 0.05) is 38.2 Å². The summed E-state index contributed by atoms with van der Waals surface area (Å²) in [5.41, 5.74) is 18.1. The summed E-state index contributed by atoms with van der Waals surface area (Å²) in [5, 5.41) is 5.15. The largest absolute Gasteiger partial charge is 0.309 e. The SMILES string of the molecule is CC1C=Cc2c(cccc2-n2c3ccccc3c3cc(-c4ccc5c(c4)c4ccc6c(c4n5-c4ccccc4)C(C)(C)c4ccccc4-6)ccc32)C1. The number of nitrogens with zero attached hydrogens (tertiary/aromatic N) is 2. The molecule has 52 heavy (non-hydrogen) atoms. The summed E-state index contributed by atoms with van der Waals surface area (Å²) in [6.07, 6.45) is 5.78. The Balaban J connectivity index is 1.14. The van der Waals surface area contributed by atoms with Gasteiger partial charge in [-0.1, -0.05) is 130 Å². The fourth-order valence-electron chi connectivity index (χ4n) is 9.64. The second-order valence-corrected chi connectivity index (χ2v) is 15.4. The molecule has 248 valence electrons. The van der Waals surface area contributed by atoms with Gasteiger partial charge in [0.2, 0.25) is 0 Å². The van der Waals surface area contributed by atoms with Gasteiger partial charge in [0.05, 0.1) is 27.8 Å². The predicted molar refractivity (Wildman–Crippen MR) is 220 cm³/mol. The first-order valence-corrected chi connectivity index (χ1v) is 18.6. The van der Waals surface area contributed by atoms with E-state index in [2.05, 4.69) is 188 Å². The summed E-state index contributed by atoms with van der Waals surface area (Å²) in [5.74, 6) is 0.561. The van der Waals surface area contributed by atoms with E-state index < -0.39 is 0 Å². The zero-order valence-corrected chi connectivity index (χ0v) is 29.7. The van der Waals surface area contributed by atoms with Gasteiger partial charge in [-0.15, -0.1) is 0 Å². The van der Waals surface area contributed by atoms with E-state index in [1.807, 2.05) is 0 Å². The fraction of sp³-hybridized carbons (Fsp3) is 0.120. The van der Waals surface area contributed by atoms with Crippen LogP contribution >= 0.6 is 0 Å². The summed E-state index contributed by atoms with van der Waals surface area (Å²) in [4.78, 5) is 0. The molecule has 0 N–H and O–H groups in total. The molecular weight excluding hydrogens is 629 g/mol. The van der Waals surface area contributed by atoms with E-state index >= 15 is 0 Å². The molecule has 2 nitrogen and oxygen atoms in total. The van der Waals surface area contributed by atoms with E-state index in [1.54, 1.807) is 0 Å². The molecule has 1 atom stereocenters. The molecule has 0 bridgehead atoms. The highest BCUT2D eigenvalue weighted by Gasteiger charge is 2.38. The zero-order chi connectivity index (χ0) is 34.7. The first-order chi connectivity index (χ1) is 25.5. The van der Waals surface area contributed by atoms with Crippen molar-refractivity contribution in [1.29, 1.82) is 0 Å². The van der Waals surface area contributed by atoms with E-state index in [4.69, 9.17) is 0 Å². The quantitative estimate of drug-likeness (QED) is 0.178. The standard InChI is InChI=1S/C50H38N2/c1-31-20-23-36-34(28-31)12-11-19-44(36)52-45-18-10-8-16-38(45)41-29-32(22-27-47(41)52)33-21-26-46-42(30-33)40-25-24-39-37-15-7-9-17-43(37)50(2,3)48(39)49(40)51(46)35-13-5-4-6-14-35/h4-27,29-31H,28H2,1-3H3. The number of allylic oxidation sites excluding steroid dienone is 1. The molecule has 2 aromatic heterocycles. The highest BCUT2D eigenvalue weighted by Crippen LogP contribution is 2.53. The third-order valence-electron chi connectivity index (χ3n) is 12.0. The Morgan fingerprint density at radius 1 is 0.558 bits per heavy atom. The van der Waals surface area contributed by atoms with Crippen molar-refractivity contribution in [2.45, 2.75) is 32.6 Å². The number of benzene rings is 7. The predicted octanol–water partition coefficient (Wildman–Crippen LogP) is 13.1. The van der Waals surface area contributed by atoms with Crippen molar-refractivity contribution < 1.29 is 0 Å². The van der Waals surface area contributed by atoms with Gasteiger partial charge in [-0.2, -0.15) is 0 Å². The molecule has 2 aliphatic rings. The molecule has 0 fully saturated rings. The van der Waals surface area contributed by atoms with Gasteiger partial charge < -0.3 is 9.13 Å². The number of fused-ring (bicyclic) bond motifs is 11. The summed E-state index contributed by atoms with van der Waals surface area (Å²) in [6, 6.07) is 54.4. The molecule has 0 saturated heterocycles. The number of para-hydroxylation sites is 2. The van der Waals surface area contributed by atoms with Gasteiger partial charge in [-0.05, 0) is 99.8 Å². The summed E-state index contributed by atoms with van der Waals surface area (Å²) in [6.45, 7) is 7.09. The highest BCUT2D eigenvalue weighted by atomic mass is 15.0. The van der Waals surface area contributed by atoms with E-state index in [9.17, 15) is 0 Å².